The van der Waals surface area contributed by atoms with E-state index in [0.29, 0.717) is 6.42 Å². The highest BCUT2D eigenvalue weighted by Gasteiger charge is 2.33. The molecule has 5 unspecified atom stereocenters. The zero-order valence-corrected chi connectivity index (χ0v) is 17.7. The molecule has 0 aromatic carbocycles. The van der Waals surface area contributed by atoms with Crippen molar-refractivity contribution in [2.75, 3.05) is 6.61 Å². The Hall–Kier alpha value is -2.73. The Morgan fingerprint density at radius 1 is 0.900 bits per heavy atom. The maximum absolute atomic E-state index is 12.8. The van der Waals surface area contributed by atoms with Crippen LogP contribution in [-0.4, -0.2) is 70.6 Å². The molecule has 0 heterocycles. The van der Waals surface area contributed by atoms with Crippen LogP contribution in [-0.2, 0) is 24.0 Å². The molecule has 0 fully saturated rings. The van der Waals surface area contributed by atoms with Gasteiger partial charge in [-0.3, -0.25) is 19.2 Å². The van der Waals surface area contributed by atoms with Gasteiger partial charge in [0.1, 0.15) is 18.1 Å². The van der Waals surface area contributed by atoms with Crippen LogP contribution in [0.5, 0.6) is 0 Å². The summed E-state index contributed by atoms with van der Waals surface area (Å²) in [5.74, 6) is -5.16. The van der Waals surface area contributed by atoms with Crippen molar-refractivity contribution < 1.29 is 34.2 Å². The summed E-state index contributed by atoms with van der Waals surface area (Å²) >= 11 is 0. The Labute approximate surface area is 175 Å². The van der Waals surface area contributed by atoms with E-state index in [1.165, 1.54) is 0 Å². The topological polar surface area (TPSA) is 214 Å². The van der Waals surface area contributed by atoms with E-state index >= 15 is 0 Å². The first-order valence-corrected chi connectivity index (χ1v) is 9.64. The summed E-state index contributed by atoms with van der Waals surface area (Å²) in [5.41, 5.74) is 10.6. The predicted octanol–water partition coefficient (Wildman–Crippen LogP) is -2.58. The van der Waals surface area contributed by atoms with Gasteiger partial charge < -0.3 is 37.6 Å². The van der Waals surface area contributed by atoms with Gasteiger partial charge in [-0.1, -0.05) is 34.1 Å². The number of aliphatic hydroxyl groups excluding tert-OH is 1. The zero-order valence-electron chi connectivity index (χ0n) is 17.7. The van der Waals surface area contributed by atoms with Crippen molar-refractivity contribution in [1.82, 2.24) is 16.0 Å². The smallest absolute Gasteiger partial charge is 0.328 e. The van der Waals surface area contributed by atoms with Crippen LogP contribution in [0.15, 0.2) is 0 Å². The van der Waals surface area contributed by atoms with Gasteiger partial charge in [-0.15, -0.1) is 0 Å². The average Bonchev–Trinajstić information content (AvgIpc) is 2.65. The second-order valence-electron chi connectivity index (χ2n) is 7.46. The number of aliphatic hydroxyl groups is 1. The Morgan fingerprint density at radius 2 is 1.40 bits per heavy atom. The lowest BCUT2D eigenvalue weighted by Crippen LogP contribution is -2.60. The lowest BCUT2D eigenvalue weighted by Gasteiger charge is -2.29. The molecule has 12 nitrogen and oxygen atoms in total. The normalized spacial score (nSPS) is 16.0. The molecule has 0 saturated heterocycles. The number of hydrogen-bond acceptors (Lipinski definition) is 7. The molecule has 0 aromatic heterocycles. The highest BCUT2D eigenvalue weighted by molar-refractivity contribution is 5.95. The van der Waals surface area contributed by atoms with Gasteiger partial charge in [-0.25, -0.2) is 4.79 Å². The number of rotatable bonds is 13. The molecule has 0 radical (unpaired) electrons. The summed E-state index contributed by atoms with van der Waals surface area (Å²) < 4.78 is 0. The number of amides is 4. The number of nitrogens with one attached hydrogen (secondary N) is 3. The van der Waals surface area contributed by atoms with Crippen molar-refractivity contribution in [1.29, 1.82) is 0 Å². The van der Waals surface area contributed by atoms with Crippen LogP contribution in [0.3, 0.4) is 0 Å². The van der Waals surface area contributed by atoms with Crippen LogP contribution in [0, 0.1) is 11.8 Å². The summed E-state index contributed by atoms with van der Waals surface area (Å²) in [4.78, 5) is 59.5. The molecule has 0 saturated carbocycles. The molecule has 9 N–H and O–H groups in total. The van der Waals surface area contributed by atoms with Crippen LogP contribution < -0.4 is 27.4 Å². The maximum Gasteiger partial charge on any atom is 0.328 e. The molecule has 0 aliphatic rings. The lowest BCUT2D eigenvalue weighted by atomic mass is 9.96. The van der Waals surface area contributed by atoms with E-state index in [-0.39, 0.29) is 5.92 Å². The number of carbonyl (C=O) groups is 5. The SMILES string of the molecule is CCC(C)C(NC(=O)C(N)CC(N)=O)C(=O)NC(C(=O)NC(CO)C(=O)O)C(C)C. The minimum Gasteiger partial charge on any atom is -0.480 e. The van der Waals surface area contributed by atoms with Crippen molar-refractivity contribution in [2.45, 2.75) is 64.7 Å². The monoisotopic (exact) mass is 431 g/mol. The van der Waals surface area contributed by atoms with E-state index in [9.17, 15) is 24.0 Å². The molecule has 0 spiro atoms. The highest BCUT2D eigenvalue weighted by atomic mass is 16.4. The third-order valence-electron chi connectivity index (χ3n) is 4.60. The first-order valence-electron chi connectivity index (χ1n) is 9.64. The molecule has 0 aromatic rings. The van der Waals surface area contributed by atoms with Crippen LogP contribution in [0.1, 0.15) is 40.5 Å². The van der Waals surface area contributed by atoms with Gasteiger partial charge in [-0.05, 0) is 11.8 Å². The maximum atomic E-state index is 12.8. The lowest BCUT2D eigenvalue weighted by molar-refractivity contribution is -0.143. The fraction of sp³-hybridized carbons (Fsp3) is 0.722. The van der Waals surface area contributed by atoms with Crippen molar-refractivity contribution in [3.63, 3.8) is 0 Å². The van der Waals surface area contributed by atoms with Crippen LogP contribution in [0.25, 0.3) is 0 Å². The van der Waals surface area contributed by atoms with Gasteiger partial charge in [0.2, 0.25) is 23.6 Å². The Bertz CT molecular complexity index is 640. The predicted molar refractivity (Wildman–Crippen MR) is 107 cm³/mol. The number of hydrogen-bond donors (Lipinski definition) is 7. The van der Waals surface area contributed by atoms with E-state index < -0.39 is 72.7 Å². The molecule has 0 aliphatic heterocycles. The third kappa shape index (κ3) is 8.74. The first kappa shape index (κ1) is 27.3. The van der Waals surface area contributed by atoms with Gasteiger partial charge in [0.25, 0.3) is 0 Å². The fourth-order valence-corrected chi connectivity index (χ4v) is 2.50. The first-order chi connectivity index (χ1) is 13.8. The second kappa shape index (κ2) is 12.8. The fourth-order valence-electron chi connectivity index (χ4n) is 2.50. The van der Waals surface area contributed by atoms with Crippen molar-refractivity contribution in [3.05, 3.63) is 0 Å². The minimum absolute atomic E-state index is 0.338. The summed E-state index contributed by atoms with van der Waals surface area (Å²) in [7, 11) is 0. The van der Waals surface area contributed by atoms with Gasteiger partial charge in [0.15, 0.2) is 0 Å². The molecular weight excluding hydrogens is 398 g/mol. The molecule has 172 valence electrons. The third-order valence-corrected chi connectivity index (χ3v) is 4.60. The molecule has 12 heteroatoms. The van der Waals surface area contributed by atoms with E-state index in [2.05, 4.69) is 16.0 Å². The van der Waals surface area contributed by atoms with E-state index in [0.717, 1.165) is 0 Å². The van der Waals surface area contributed by atoms with Gasteiger partial charge >= 0.3 is 5.97 Å². The Balaban J connectivity index is 5.41. The summed E-state index contributed by atoms with van der Waals surface area (Å²) in [6.07, 6.45) is 0.114. The summed E-state index contributed by atoms with van der Waals surface area (Å²) in [6, 6.07) is -4.92. The number of carboxylic acids is 1. The van der Waals surface area contributed by atoms with Crippen LogP contribution in [0.2, 0.25) is 0 Å². The molecule has 0 aliphatic carbocycles. The molecule has 30 heavy (non-hydrogen) atoms. The molecular formula is C18H33N5O7. The number of carbonyl (C=O) groups excluding carboxylic acids is 4. The number of aliphatic carboxylic acids is 1. The summed E-state index contributed by atoms with van der Waals surface area (Å²) in [5, 5.41) is 25.2. The number of primary amides is 1. The Morgan fingerprint density at radius 3 is 1.80 bits per heavy atom. The number of nitrogens with two attached hydrogens (primary N) is 2. The van der Waals surface area contributed by atoms with Gasteiger partial charge in [0, 0.05) is 0 Å². The van der Waals surface area contributed by atoms with E-state index in [1.807, 2.05) is 0 Å². The van der Waals surface area contributed by atoms with Crippen LogP contribution in [0.4, 0.5) is 0 Å². The molecule has 5 atom stereocenters. The van der Waals surface area contributed by atoms with E-state index in [1.54, 1.807) is 27.7 Å². The van der Waals surface area contributed by atoms with Crippen molar-refractivity contribution >= 4 is 29.6 Å². The van der Waals surface area contributed by atoms with Crippen molar-refractivity contribution in [2.24, 2.45) is 23.3 Å². The zero-order chi connectivity index (χ0) is 23.6. The van der Waals surface area contributed by atoms with Gasteiger partial charge in [0.05, 0.1) is 19.1 Å². The average molecular weight is 431 g/mol. The van der Waals surface area contributed by atoms with Gasteiger partial charge in [-0.2, -0.15) is 0 Å². The number of carboxylic acid groups (broad SMARTS) is 1. The highest BCUT2D eigenvalue weighted by Crippen LogP contribution is 2.11. The van der Waals surface area contributed by atoms with Crippen LogP contribution >= 0.6 is 0 Å². The summed E-state index contributed by atoms with van der Waals surface area (Å²) in [6.45, 7) is 5.97. The largest absolute Gasteiger partial charge is 0.480 e. The van der Waals surface area contributed by atoms with Crippen molar-refractivity contribution in [3.8, 4) is 0 Å². The minimum atomic E-state index is -1.52. The second-order valence-corrected chi connectivity index (χ2v) is 7.46. The Kier molecular flexibility index (Phi) is 11.6. The molecule has 0 rings (SSSR count). The molecule has 0 bridgehead atoms. The standard InChI is InChI=1S/C18H33N5O7/c1-5-9(4)14(23-15(26)10(19)6-12(20)25)17(28)22-13(8(2)3)16(27)21-11(7-24)18(29)30/h8-11,13-14,24H,5-7,19H2,1-4H3,(H2,20,25)(H,21,27)(H,22,28)(H,23,26)(H,29,30). The molecule has 4 amide bonds. The van der Waals surface area contributed by atoms with E-state index in [4.69, 9.17) is 21.7 Å². The quantitative estimate of drug-likeness (QED) is 0.164.